The Kier molecular flexibility index (Phi) is 3.41. The van der Waals surface area contributed by atoms with Crippen LogP contribution in [0.3, 0.4) is 0 Å². The average molecular weight is 309 g/mol. The summed E-state index contributed by atoms with van der Waals surface area (Å²) >= 11 is 0. The first-order chi connectivity index (χ1) is 11.3. The van der Waals surface area contributed by atoms with Crippen molar-refractivity contribution in [2.75, 3.05) is 18.5 Å². The number of aryl methyl sites for hydroxylation is 1. The molecule has 3 aromatic rings. The van der Waals surface area contributed by atoms with Gasteiger partial charge in [-0.1, -0.05) is 19.1 Å². The van der Waals surface area contributed by atoms with Gasteiger partial charge in [-0.3, -0.25) is 0 Å². The normalized spacial score (nSPS) is 13.1. The highest BCUT2D eigenvalue weighted by molar-refractivity contribution is 5.92. The highest BCUT2D eigenvalue weighted by Gasteiger charge is 2.26. The molecule has 0 radical (unpaired) electrons. The second-order valence-corrected chi connectivity index (χ2v) is 5.55. The van der Waals surface area contributed by atoms with E-state index in [1.165, 1.54) is 0 Å². The van der Waals surface area contributed by atoms with Crippen LogP contribution in [0.4, 0.5) is 5.82 Å². The minimum atomic E-state index is 0.594. The molecule has 1 N–H and O–H groups in total. The number of hydrogen-bond donors (Lipinski definition) is 1. The Morgan fingerprint density at radius 1 is 1.17 bits per heavy atom. The first-order valence-electron chi connectivity index (χ1n) is 8.10. The van der Waals surface area contributed by atoms with Crippen molar-refractivity contribution in [3.63, 3.8) is 0 Å². The van der Waals surface area contributed by atoms with Gasteiger partial charge in [0.05, 0.1) is 12.0 Å². The van der Waals surface area contributed by atoms with Crippen molar-refractivity contribution in [1.29, 1.82) is 0 Å². The van der Waals surface area contributed by atoms with Crippen LogP contribution in [-0.4, -0.2) is 23.1 Å². The fraction of sp³-hybridized carbons (Fsp3) is 0.333. The van der Waals surface area contributed by atoms with Crippen molar-refractivity contribution in [3.8, 4) is 17.2 Å². The molecule has 1 aliphatic rings. The third-order valence-electron chi connectivity index (χ3n) is 4.08. The average Bonchev–Trinajstić information content (AvgIpc) is 2.85. The van der Waals surface area contributed by atoms with Crippen LogP contribution in [0.5, 0.6) is 5.75 Å². The van der Waals surface area contributed by atoms with Gasteiger partial charge in [0.25, 0.3) is 0 Å². The molecule has 0 amide bonds. The summed E-state index contributed by atoms with van der Waals surface area (Å²) < 4.78 is 12.1. The third kappa shape index (κ3) is 2.23. The molecule has 23 heavy (non-hydrogen) atoms. The number of hydrogen-bond acceptors (Lipinski definition) is 5. The van der Waals surface area contributed by atoms with E-state index in [0.29, 0.717) is 6.61 Å². The van der Waals surface area contributed by atoms with E-state index in [-0.39, 0.29) is 0 Å². The van der Waals surface area contributed by atoms with Crippen LogP contribution in [0.1, 0.15) is 25.2 Å². The molecule has 0 saturated heterocycles. The molecule has 3 heterocycles. The minimum absolute atomic E-state index is 0.594. The van der Waals surface area contributed by atoms with Gasteiger partial charge in [-0.2, -0.15) is 0 Å². The van der Waals surface area contributed by atoms with Crippen molar-refractivity contribution >= 4 is 16.8 Å². The lowest BCUT2D eigenvalue weighted by Crippen LogP contribution is -2.10. The first kappa shape index (κ1) is 14.1. The monoisotopic (exact) mass is 309 g/mol. The lowest BCUT2D eigenvalue weighted by molar-refractivity contribution is 0.327. The summed E-state index contributed by atoms with van der Waals surface area (Å²) in [5, 5.41) is 4.35. The van der Waals surface area contributed by atoms with E-state index in [4.69, 9.17) is 14.1 Å². The molecule has 0 bridgehead atoms. The molecule has 2 aromatic heterocycles. The minimum Gasteiger partial charge on any atom is -0.488 e. The van der Waals surface area contributed by atoms with Crippen LogP contribution < -0.4 is 10.1 Å². The number of aromatic nitrogens is 2. The van der Waals surface area contributed by atoms with Gasteiger partial charge in [0, 0.05) is 24.9 Å². The van der Waals surface area contributed by atoms with Crippen molar-refractivity contribution in [1.82, 2.24) is 9.97 Å². The molecule has 0 fully saturated rings. The molecule has 5 heteroatoms. The van der Waals surface area contributed by atoms with Crippen LogP contribution in [0.25, 0.3) is 22.4 Å². The zero-order valence-corrected chi connectivity index (χ0v) is 13.3. The number of rotatable bonds is 3. The quantitative estimate of drug-likeness (QED) is 0.797. The van der Waals surface area contributed by atoms with Gasteiger partial charge in [-0.15, -0.1) is 0 Å². The van der Waals surface area contributed by atoms with E-state index >= 15 is 0 Å². The fourth-order valence-corrected chi connectivity index (χ4v) is 3.00. The van der Waals surface area contributed by atoms with E-state index in [9.17, 15) is 0 Å². The van der Waals surface area contributed by atoms with Crippen molar-refractivity contribution in [3.05, 3.63) is 35.7 Å². The van der Waals surface area contributed by atoms with Gasteiger partial charge < -0.3 is 14.5 Å². The maximum absolute atomic E-state index is 6.09. The summed E-state index contributed by atoms with van der Waals surface area (Å²) in [6.45, 7) is 5.54. The van der Waals surface area contributed by atoms with Gasteiger partial charge in [-0.05, 0) is 19.1 Å². The van der Waals surface area contributed by atoms with Gasteiger partial charge >= 0.3 is 0 Å². The van der Waals surface area contributed by atoms with Crippen molar-refractivity contribution in [2.45, 2.75) is 26.7 Å². The zero-order chi connectivity index (χ0) is 15.8. The molecule has 1 aliphatic heterocycles. The second-order valence-electron chi connectivity index (χ2n) is 5.55. The molecule has 0 saturated carbocycles. The van der Waals surface area contributed by atoms with E-state index < -0.39 is 0 Å². The topological polar surface area (TPSA) is 60.2 Å². The fourth-order valence-electron chi connectivity index (χ4n) is 3.00. The summed E-state index contributed by atoms with van der Waals surface area (Å²) in [5.74, 6) is 3.22. The highest BCUT2D eigenvalue weighted by Crippen LogP contribution is 2.43. The molecule has 0 atom stereocenters. The van der Waals surface area contributed by atoms with Crippen molar-refractivity contribution < 1.29 is 9.15 Å². The lowest BCUT2D eigenvalue weighted by atomic mass is 10.1. The molecule has 5 nitrogen and oxygen atoms in total. The molecule has 0 unspecified atom stereocenters. The molecular formula is C18H19N3O2. The van der Waals surface area contributed by atoms with Crippen LogP contribution in [0.15, 0.2) is 28.7 Å². The summed E-state index contributed by atoms with van der Waals surface area (Å²) in [6, 6.07) is 7.94. The largest absolute Gasteiger partial charge is 0.488 e. The Morgan fingerprint density at radius 3 is 2.87 bits per heavy atom. The van der Waals surface area contributed by atoms with E-state index in [0.717, 1.165) is 64.8 Å². The Bertz CT molecular complexity index is 870. The number of benzene rings is 1. The molecular weight excluding hydrogens is 290 g/mol. The Hall–Kier alpha value is -2.56. The van der Waals surface area contributed by atoms with Gasteiger partial charge in [-0.25, -0.2) is 9.97 Å². The number of ether oxygens (including phenoxy) is 1. The summed E-state index contributed by atoms with van der Waals surface area (Å²) in [5.41, 5.74) is 2.75. The molecule has 0 spiro atoms. The summed E-state index contributed by atoms with van der Waals surface area (Å²) in [7, 11) is 0. The van der Waals surface area contributed by atoms with Gasteiger partial charge in [0.1, 0.15) is 22.9 Å². The predicted molar refractivity (Wildman–Crippen MR) is 90.0 cm³/mol. The highest BCUT2D eigenvalue weighted by atomic mass is 16.5. The molecule has 1 aromatic carbocycles. The van der Waals surface area contributed by atoms with Crippen LogP contribution in [-0.2, 0) is 12.8 Å². The van der Waals surface area contributed by atoms with Gasteiger partial charge in [0.2, 0.25) is 0 Å². The SMILES string of the molecule is CCNc1nc(CC)nc2c1CCOc1c-2oc2ccccc12. The van der Waals surface area contributed by atoms with Crippen LogP contribution >= 0.6 is 0 Å². The third-order valence-corrected chi connectivity index (χ3v) is 4.08. The van der Waals surface area contributed by atoms with Crippen molar-refractivity contribution in [2.24, 2.45) is 0 Å². The van der Waals surface area contributed by atoms with Gasteiger partial charge in [0.15, 0.2) is 11.5 Å². The smallest absolute Gasteiger partial charge is 0.196 e. The molecule has 4 rings (SSSR count). The Balaban J connectivity index is 2.01. The zero-order valence-electron chi connectivity index (χ0n) is 13.3. The predicted octanol–water partition coefficient (Wildman–Crippen LogP) is 3.82. The Morgan fingerprint density at radius 2 is 2.04 bits per heavy atom. The maximum Gasteiger partial charge on any atom is 0.196 e. The Labute approximate surface area is 134 Å². The molecule has 118 valence electrons. The number of anilines is 1. The summed E-state index contributed by atoms with van der Waals surface area (Å²) in [6.07, 6.45) is 1.54. The maximum atomic E-state index is 6.09. The van der Waals surface area contributed by atoms with E-state index in [2.05, 4.69) is 24.1 Å². The van der Waals surface area contributed by atoms with Crippen LogP contribution in [0.2, 0.25) is 0 Å². The second kappa shape index (κ2) is 5.57. The lowest BCUT2D eigenvalue weighted by Gasteiger charge is -2.12. The first-order valence-corrected chi connectivity index (χ1v) is 8.10. The molecule has 0 aliphatic carbocycles. The summed E-state index contributed by atoms with van der Waals surface area (Å²) in [4.78, 5) is 9.39. The number of furan rings is 1. The van der Waals surface area contributed by atoms with E-state index in [1.54, 1.807) is 0 Å². The van der Waals surface area contributed by atoms with E-state index in [1.807, 2.05) is 24.3 Å². The van der Waals surface area contributed by atoms with Crippen LogP contribution in [0, 0.1) is 0 Å². The number of para-hydroxylation sites is 1. The number of fused-ring (bicyclic) bond motifs is 5. The number of nitrogens with one attached hydrogen (secondary N) is 1. The number of nitrogens with zero attached hydrogens (tertiary/aromatic N) is 2. The standard InChI is InChI=1S/C18H19N3O2/c1-3-14-20-15-12(18(21-14)19-4-2)9-10-22-16-11-7-5-6-8-13(11)23-17(15)16/h5-8H,3-4,9-10H2,1-2H3,(H,19,20,21).